The summed E-state index contributed by atoms with van der Waals surface area (Å²) >= 11 is 0. The summed E-state index contributed by atoms with van der Waals surface area (Å²) in [5, 5.41) is 2.65. The number of rotatable bonds is 6. The normalized spacial score (nSPS) is 11.3. The minimum atomic E-state index is -3.67. The largest absolute Gasteiger partial charge is 0.452 e. The number of hydrogen-bond acceptors (Lipinski definition) is 5. The van der Waals surface area contributed by atoms with Gasteiger partial charge in [0.2, 0.25) is 10.0 Å². The number of amides is 1. The second-order valence-electron chi connectivity index (χ2n) is 6.24. The highest BCUT2D eigenvalue weighted by Gasteiger charge is 2.19. The summed E-state index contributed by atoms with van der Waals surface area (Å²) in [6, 6.07) is 11.0. The van der Waals surface area contributed by atoms with Crippen molar-refractivity contribution in [1.29, 1.82) is 0 Å². The lowest BCUT2D eigenvalue weighted by atomic mass is 10.1. The summed E-state index contributed by atoms with van der Waals surface area (Å²) in [4.78, 5) is 24.1. The number of aryl methyl sites for hydroxylation is 2. The second kappa shape index (κ2) is 8.32. The Balaban J connectivity index is 2.01. The van der Waals surface area contributed by atoms with Crippen LogP contribution in [0.3, 0.4) is 0 Å². The van der Waals surface area contributed by atoms with E-state index in [4.69, 9.17) is 4.74 Å². The molecule has 2 aromatic carbocycles. The van der Waals surface area contributed by atoms with Crippen molar-refractivity contribution in [3.05, 3.63) is 59.2 Å². The van der Waals surface area contributed by atoms with Gasteiger partial charge in [0.05, 0.1) is 10.5 Å². The third kappa shape index (κ3) is 5.15. The van der Waals surface area contributed by atoms with Gasteiger partial charge in [-0.05, 0) is 55.3 Å². The summed E-state index contributed by atoms with van der Waals surface area (Å²) < 4.78 is 30.3. The van der Waals surface area contributed by atoms with E-state index in [9.17, 15) is 18.0 Å². The van der Waals surface area contributed by atoms with Crippen molar-refractivity contribution >= 4 is 27.6 Å². The summed E-state index contributed by atoms with van der Waals surface area (Å²) in [7, 11) is -0.866. The molecule has 0 aliphatic carbocycles. The molecule has 144 valence electrons. The number of anilines is 1. The van der Waals surface area contributed by atoms with E-state index in [0.29, 0.717) is 5.69 Å². The molecule has 27 heavy (non-hydrogen) atoms. The standard InChI is InChI=1S/C19H22N2O5S/c1-13-8-9-16(10-14(13)2)20-18(22)12-26-19(23)15-6-5-7-17(11-15)27(24,25)21(3)4/h5-11H,12H2,1-4H3,(H,20,22). The summed E-state index contributed by atoms with van der Waals surface area (Å²) in [5.74, 6) is -1.26. The Kier molecular flexibility index (Phi) is 6.35. The van der Waals surface area contributed by atoms with Gasteiger partial charge in [0.15, 0.2) is 6.61 Å². The monoisotopic (exact) mass is 390 g/mol. The summed E-state index contributed by atoms with van der Waals surface area (Å²) in [6.45, 7) is 3.42. The average molecular weight is 390 g/mol. The van der Waals surface area contributed by atoms with Crippen LogP contribution in [-0.2, 0) is 19.6 Å². The molecule has 0 fully saturated rings. The highest BCUT2D eigenvalue weighted by atomic mass is 32.2. The van der Waals surface area contributed by atoms with Gasteiger partial charge in [-0.2, -0.15) is 0 Å². The van der Waals surface area contributed by atoms with Crippen LogP contribution in [0.1, 0.15) is 21.5 Å². The first-order chi connectivity index (χ1) is 12.6. The molecule has 1 N–H and O–H groups in total. The van der Waals surface area contributed by atoms with E-state index >= 15 is 0 Å². The van der Waals surface area contributed by atoms with Gasteiger partial charge in [-0.1, -0.05) is 12.1 Å². The SMILES string of the molecule is Cc1ccc(NC(=O)COC(=O)c2cccc(S(=O)(=O)N(C)C)c2)cc1C. The molecule has 0 aliphatic heterocycles. The Labute approximate surface area is 159 Å². The number of hydrogen-bond donors (Lipinski definition) is 1. The number of nitrogens with zero attached hydrogens (tertiary/aromatic N) is 1. The Morgan fingerprint density at radius 2 is 1.74 bits per heavy atom. The minimum Gasteiger partial charge on any atom is -0.452 e. The molecule has 2 rings (SSSR count). The van der Waals surface area contributed by atoms with Crippen LogP contribution in [0.5, 0.6) is 0 Å². The molecule has 0 radical (unpaired) electrons. The predicted molar refractivity (Wildman–Crippen MR) is 102 cm³/mol. The first-order valence-corrected chi connectivity index (χ1v) is 9.62. The van der Waals surface area contributed by atoms with E-state index in [2.05, 4.69) is 5.32 Å². The van der Waals surface area contributed by atoms with Crippen LogP contribution >= 0.6 is 0 Å². The molecule has 7 nitrogen and oxygen atoms in total. The maximum Gasteiger partial charge on any atom is 0.338 e. The molecule has 0 aliphatic rings. The van der Waals surface area contributed by atoms with Crippen molar-refractivity contribution < 1.29 is 22.7 Å². The lowest BCUT2D eigenvalue weighted by Gasteiger charge is -2.12. The molecule has 1 amide bonds. The molecule has 0 spiro atoms. The Morgan fingerprint density at radius 3 is 2.37 bits per heavy atom. The molecule has 2 aromatic rings. The van der Waals surface area contributed by atoms with Gasteiger partial charge >= 0.3 is 5.97 Å². The lowest BCUT2D eigenvalue weighted by Crippen LogP contribution is -2.23. The number of ether oxygens (including phenoxy) is 1. The van der Waals surface area contributed by atoms with Gasteiger partial charge < -0.3 is 10.1 Å². The molecule has 0 atom stereocenters. The van der Waals surface area contributed by atoms with Gasteiger partial charge in [-0.15, -0.1) is 0 Å². The third-order valence-electron chi connectivity index (χ3n) is 3.97. The maximum atomic E-state index is 12.1. The van der Waals surface area contributed by atoms with E-state index in [1.165, 1.54) is 38.4 Å². The highest BCUT2D eigenvalue weighted by Crippen LogP contribution is 2.16. The van der Waals surface area contributed by atoms with Crippen LogP contribution in [0.25, 0.3) is 0 Å². The van der Waals surface area contributed by atoms with Gasteiger partial charge in [0.1, 0.15) is 0 Å². The number of benzene rings is 2. The highest BCUT2D eigenvalue weighted by molar-refractivity contribution is 7.89. The van der Waals surface area contributed by atoms with Gasteiger partial charge in [0, 0.05) is 19.8 Å². The van der Waals surface area contributed by atoms with Crippen molar-refractivity contribution in [3.8, 4) is 0 Å². The topological polar surface area (TPSA) is 92.8 Å². The zero-order chi connectivity index (χ0) is 20.2. The molecular weight excluding hydrogens is 368 g/mol. The number of nitrogens with one attached hydrogen (secondary N) is 1. The zero-order valence-corrected chi connectivity index (χ0v) is 16.5. The number of carbonyl (C=O) groups is 2. The summed E-state index contributed by atoms with van der Waals surface area (Å²) in [6.07, 6.45) is 0. The molecule has 0 aromatic heterocycles. The fourth-order valence-electron chi connectivity index (χ4n) is 2.23. The van der Waals surface area contributed by atoms with Gasteiger partial charge in [-0.25, -0.2) is 17.5 Å². The van der Waals surface area contributed by atoms with Gasteiger partial charge in [0.25, 0.3) is 5.91 Å². The van der Waals surface area contributed by atoms with Crippen molar-refractivity contribution in [2.75, 3.05) is 26.0 Å². The van der Waals surface area contributed by atoms with Crippen LogP contribution in [-0.4, -0.2) is 45.3 Å². The Bertz CT molecular complexity index is 968. The molecular formula is C19H22N2O5S. The number of carbonyl (C=O) groups excluding carboxylic acids is 2. The van der Waals surface area contributed by atoms with E-state index in [-0.39, 0.29) is 10.5 Å². The molecule has 0 heterocycles. The molecule has 0 bridgehead atoms. The number of esters is 1. The van der Waals surface area contributed by atoms with Crippen molar-refractivity contribution in [2.24, 2.45) is 0 Å². The first kappa shape index (κ1) is 20.6. The van der Waals surface area contributed by atoms with Crippen LogP contribution in [0.2, 0.25) is 0 Å². The third-order valence-corrected chi connectivity index (χ3v) is 5.78. The zero-order valence-electron chi connectivity index (χ0n) is 15.6. The Morgan fingerprint density at radius 1 is 1.04 bits per heavy atom. The Hall–Kier alpha value is -2.71. The molecule has 0 unspecified atom stereocenters. The van der Waals surface area contributed by atoms with E-state index in [1.54, 1.807) is 6.07 Å². The van der Waals surface area contributed by atoms with Crippen molar-refractivity contribution in [1.82, 2.24) is 4.31 Å². The van der Waals surface area contributed by atoms with Crippen LogP contribution in [0.15, 0.2) is 47.4 Å². The lowest BCUT2D eigenvalue weighted by molar-refractivity contribution is -0.119. The quantitative estimate of drug-likeness (QED) is 0.765. The van der Waals surface area contributed by atoms with Crippen molar-refractivity contribution in [3.63, 3.8) is 0 Å². The van der Waals surface area contributed by atoms with Crippen LogP contribution in [0.4, 0.5) is 5.69 Å². The van der Waals surface area contributed by atoms with Crippen LogP contribution < -0.4 is 5.32 Å². The molecule has 0 saturated carbocycles. The van der Waals surface area contributed by atoms with Gasteiger partial charge in [-0.3, -0.25) is 4.79 Å². The van der Waals surface area contributed by atoms with Crippen LogP contribution in [0, 0.1) is 13.8 Å². The average Bonchev–Trinajstić information content (AvgIpc) is 2.62. The molecule has 0 saturated heterocycles. The smallest absolute Gasteiger partial charge is 0.338 e. The maximum absolute atomic E-state index is 12.1. The number of sulfonamides is 1. The minimum absolute atomic E-state index is 0.0264. The van der Waals surface area contributed by atoms with E-state index < -0.39 is 28.5 Å². The summed E-state index contributed by atoms with van der Waals surface area (Å²) in [5.41, 5.74) is 2.80. The first-order valence-electron chi connectivity index (χ1n) is 8.18. The predicted octanol–water partition coefficient (Wildman–Crippen LogP) is 2.35. The van der Waals surface area contributed by atoms with E-state index in [1.807, 2.05) is 26.0 Å². The molecule has 8 heteroatoms. The van der Waals surface area contributed by atoms with E-state index in [0.717, 1.165) is 15.4 Å². The fourth-order valence-corrected chi connectivity index (χ4v) is 3.17. The fraction of sp³-hybridized carbons (Fsp3) is 0.263. The second-order valence-corrected chi connectivity index (χ2v) is 8.39. The van der Waals surface area contributed by atoms with Crippen molar-refractivity contribution in [2.45, 2.75) is 18.7 Å².